The van der Waals surface area contributed by atoms with Crippen molar-refractivity contribution in [1.82, 2.24) is 29.7 Å². The van der Waals surface area contributed by atoms with Crippen LogP contribution in [0.2, 0.25) is 0 Å². The Morgan fingerprint density at radius 2 is 1.79 bits per heavy atom. The second-order valence-electron chi connectivity index (χ2n) is 7.70. The smallest absolute Gasteiger partial charge is 0.368 e. The summed E-state index contributed by atoms with van der Waals surface area (Å²) in [5.74, 6) is -0.551. The molecule has 1 spiro atoms. The standard InChI is InChI=1S/C17H17F3N8O/c1-26-13(29)11-6-23-25-12(11)24-15(26)27-3-2-16(7-27)8-28(9-16)10-4-21-14(22-5-10)17(18,19)20/h4-6H,2-3,7-9H2,1H3,(H,23,25). The maximum atomic E-state index is 12.6. The lowest BCUT2D eigenvalue weighted by Gasteiger charge is -2.49. The quantitative estimate of drug-likeness (QED) is 0.683. The van der Waals surface area contributed by atoms with Crippen LogP contribution in [0.4, 0.5) is 24.8 Å². The third kappa shape index (κ3) is 2.81. The molecule has 2 aliphatic heterocycles. The minimum atomic E-state index is -4.54. The lowest BCUT2D eigenvalue weighted by atomic mass is 9.79. The highest BCUT2D eigenvalue weighted by Crippen LogP contribution is 2.42. The molecule has 0 aliphatic carbocycles. The van der Waals surface area contributed by atoms with Crippen LogP contribution in [-0.2, 0) is 13.2 Å². The lowest BCUT2D eigenvalue weighted by molar-refractivity contribution is -0.145. The molecule has 2 saturated heterocycles. The second-order valence-corrected chi connectivity index (χ2v) is 7.70. The summed E-state index contributed by atoms with van der Waals surface area (Å²) in [6, 6.07) is 0. The third-order valence-corrected chi connectivity index (χ3v) is 5.70. The average molecular weight is 406 g/mol. The number of nitrogens with one attached hydrogen (secondary N) is 1. The molecular weight excluding hydrogens is 389 g/mol. The molecule has 0 unspecified atom stereocenters. The Hall–Kier alpha value is -3.18. The fraction of sp³-hybridized carbons (Fsp3) is 0.471. The largest absolute Gasteiger partial charge is 0.451 e. The zero-order valence-corrected chi connectivity index (χ0v) is 15.4. The fourth-order valence-electron chi connectivity index (χ4n) is 4.19. The van der Waals surface area contributed by atoms with Crippen molar-refractivity contribution >= 4 is 22.7 Å². The highest BCUT2D eigenvalue weighted by molar-refractivity contribution is 5.74. The Labute approximate surface area is 162 Å². The summed E-state index contributed by atoms with van der Waals surface area (Å²) in [4.78, 5) is 27.9. The zero-order chi connectivity index (χ0) is 20.4. The molecule has 9 nitrogen and oxygen atoms in total. The van der Waals surface area contributed by atoms with Crippen molar-refractivity contribution in [3.8, 4) is 0 Å². The van der Waals surface area contributed by atoms with Gasteiger partial charge in [-0.25, -0.2) is 9.97 Å². The van der Waals surface area contributed by atoms with Crippen LogP contribution in [0.1, 0.15) is 12.2 Å². The summed E-state index contributed by atoms with van der Waals surface area (Å²) in [6.07, 6.45) is 0.261. The maximum Gasteiger partial charge on any atom is 0.451 e. The maximum absolute atomic E-state index is 12.6. The summed E-state index contributed by atoms with van der Waals surface area (Å²) in [6.45, 7) is 2.85. The van der Waals surface area contributed by atoms with E-state index in [1.807, 2.05) is 4.90 Å². The Kier molecular flexibility index (Phi) is 3.64. The molecule has 152 valence electrons. The van der Waals surface area contributed by atoms with E-state index in [0.29, 0.717) is 42.3 Å². The summed E-state index contributed by atoms with van der Waals surface area (Å²) in [7, 11) is 1.69. The molecular formula is C17H17F3N8O. The molecule has 0 amide bonds. The summed E-state index contributed by atoms with van der Waals surface area (Å²) < 4.78 is 39.4. The lowest BCUT2D eigenvalue weighted by Crippen LogP contribution is -2.58. The number of halogens is 3. The number of aromatic nitrogens is 6. The van der Waals surface area contributed by atoms with Crippen molar-refractivity contribution in [3.05, 3.63) is 34.8 Å². The van der Waals surface area contributed by atoms with Gasteiger partial charge in [0, 0.05) is 38.6 Å². The van der Waals surface area contributed by atoms with Gasteiger partial charge < -0.3 is 9.80 Å². The molecule has 0 radical (unpaired) electrons. The predicted molar refractivity (Wildman–Crippen MR) is 97.6 cm³/mol. The van der Waals surface area contributed by atoms with Crippen molar-refractivity contribution in [2.75, 3.05) is 36.0 Å². The molecule has 12 heteroatoms. The molecule has 29 heavy (non-hydrogen) atoms. The van der Waals surface area contributed by atoms with Gasteiger partial charge in [0.05, 0.1) is 24.3 Å². The van der Waals surface area contributed by atoms with Crippen LogP contribution in [0.15, 0.2) is 23.4 Å². The Balaban J connectivity index is 1.31. The number of anilines is 2. The number of H-pyrrole nitrogens is 1. The normalized spacial score (nSPS) is 18.6. The Morgan fingerprint density at radius 1 is 1.10 bits per heavy atom. The average Bonchev–Trinajstić information content (AvgIpc) is 3.30. The first-order valence-corrected chi connectivity index (χ1v) is 9.05. The van der Waals surface area contributed by atoms with Gasteiger partial charge in [0.25, 0.3) is 5.56 Å². The van der Waals surface area contributed by atoms with E-state index in [-0.39, 0.29) is 11.0 Å². The number of nitrogens with zero attached hydrogens (tertiary/aromatic N) is 7. The summed E-state index contributed by atoms with van der Waals surface area (Å²) >= 11 is 0. The first-order chi connectivity index (χ1) is 13.8. The second kappa shape index (κ2) is 5.91. The third-order valence-electron chi connectivity index (χ3n) is 5.70. The highest BCUT2D eigenvalue weighted by atomic mass is 19.4. The van der Waals surface area contributed by atoms with Gasteiger partial charge in [-0.2, -0.15) is 23.3 Å². The van der Waals surface area contributed by atoms with Crippen molar-refractivity contribution in [3.63, 3.8) is 0 Å². The van der Waals surface area contributed by atoms with Crippen LogP contribution in [0, 0.1) is 5.41 Å². The van der Waals surface area contributed by atoms with Crippen molar-refractivity contribution in [1.29, 1.82) is 0 Å². The molecule has 3 aromatic heterocycles. The first-order valence-electron chi connectivity index (χ1n) is 9.05. The SMILES string of the molecule is Cn1c(N2CCC3(CN(c4cnc(C(F)(F)F)nc4)C3)C2)nc2[nH]ncc2c1=O. The molecule has 2 aliphatic rings. The van der Waals surface area contributed by atoms with Crippen LogP contribution >= 0.6 is 0 Å². The van der Waals surface area contributed by atoms with Crippen LogP contribution in [0.5, 0.6) is 0 Å². The number of alkyl halides is 3. The van der Waals surface area contributed by atoms with Crippen LogP contribution in [0.25, 0.3) is 11.0 Å². The van der Waals surface area contributed by atoms with Crippen LogP contribution in [0.3, 0.4) is 0 Å². The van der Waals surface area contributed by atoms with E-state index in [2.05, 4.69) is 30.0 Å². The van der Waals surface area contributed by atoms with Gasteiger partial charge >= 0.3 is 6.18 Å². The van der Waals surface area contributed by atoms with E-state index in [1.54, 1.807) is 7.05 Å². The van der Waals surface area contributed by atoms with E-state index in [0.717, 1.165) is 13.0 Å². The number of hydrogen-bond acceptors (Lipinski definition) is 7. The van der Waals surface area contributed by atoms with E-state index >= 15 is 0 Å². The zero-order valence-electron chi connectivity index (χ0n) is 15.4. The van der Waals surface area contributed by atoms with Crippen LogP contribution in [-0.4, -0.2) is 55.9 Å². The minimum Gasteiger partial charge on any atom is -0.368 e. The van der Waals surface area contributed by atoms with Gasteiger partial charge in [-0.3, -0.25) is 14.5 Å². The van der Waals surface area contributed by atoms with E-state index in [4.69, 9.17) is 0 Å². The molecule has 2 fully saturated rings. The van der Waals surface area contributed by atoms with Gasteiger partial charge in [-0.1, -0.05) is 0 Å². The van der Waals surface area contributed by atoms with E-state index in [9.17, 15) is 18.0 Å². The minimum absolute atomic E-state index is 0.00334. The van der Waals surface area contributed by atoms with E-state index < -0.39 is 12.0 Å². The molecule has 0 aromatic carbocycles. The number of aromatic amines is 1. The summed E-state index contributed by atoms with van der Waals surface area (Å²) in [5.41, 5.74) is 0.883. The molecule has 0 saturated carbocycles. The topological polar surface area (TPSA) is 95.8 Å². The van der Waals surface area contributed by atoms with Crippen molar-refractivity contribution < 1.29 is 13.2 Å². The number of rotatable bonds is 2. The molecule has 0 bridgehead atoms. The fourth-order valence-corrected chi connectivity index (χ4v) is 4.19. The van der Waals surface area contributed by atoms with Gasteiger partial charge in [-0.15, -0.1) is 0 Å². The molecule has 5 heterocycles. The molecule has 3 aromatic rings. The van der Waals surface area contributed by atoms with E-state index in [1.165, 1.54) is 23.2 Å². The van der Waals surface area contributed by atoms with Gasteiger partial charge in [-0.05, 0) is 6.42 Å². The Bertz CT molecular complexity index is 1130. The van der Waals surface area contributed by atoms with Crippen molar-refractivity contribution in [2.45, 2.75) is 12.6 Å². The molecule has 1 N–H and O–H groups in total. The highest BCUT2D eigenvalue weighted by Gasteiger charge is 2.48. The number of hydrogen-bond donors (Lipinski definition) is 1. The molecule has 5 rings (SSSR count). The van der Waals surface area contributed by atoms with Gasteiger partial charge in [0.2, 0.25) is 11.8 Å². The van der Waals surface area contributed by atoms with Gasteiger partial charge in [0.1, 0.15) is 5.39 Å². The predicted octanol–water partition coefficient (Wildman–Crippen LogP) is 1.18. The molecule has 0 atom stereocenters. The Morgan fingerprint density at radius 3 is 2.48 bits per heavy atom. The van der Waals surface area contributed by atoms with Gasteiger partial charge in [0.15, 0.2) is 5.65 Å². The number of fused-ring (bicyclic) bond motifs is 1. The monoisotopic (exact) mass is 406 g/mol. The van der Waals surface area contributed by atoms with Crippen molar-refractivity contribution in [2.24, 2.45) is 12.5 Å². The summed E-state index contributed by atoms with van der Waals surface area (Å²) in [5, 5.41) is 7.07. The van der Waals surface area contributed by atoms with Crippen LogP contribution < -0.4 is 15.4 Å². The first kappa shape index (κ1) is 17.9.